The van der Waals surface area contributed by atoms with E-state index in [4.69, 9.17) is 14.5 Å². The molecule has 1 heterocycles. The number of likely N-dealkylation sites (N-methyl/N-ethyl adjacent to an activating group) is 1. The zero-order chi connectivity index (χ0) is 22.9. The molecule has 1 N–H and O–H groups in total. The smallest absolute Gasteiger partial charge is 0.340 e. The van der Waals surface area contributed by atoms with Crippen LogP contribution in [0.4, 0.5) is 0 Å². The van der Waals surface area contributed by atoms with Crippen LogP contribution in [0.2, 0.25) is 0 Å². The molecule has 0 fully saturated rings. The molecule has 0 bridgehead atoms. The number of benzene rings is 2. The molecule has 0 aliphatic heterocycles. The summed E-state index contributed by atoms with van der Waals surface area (Å²) < 4.78 is 10.4. The van der Waals surface area contributed by atoms with E-state index in [1.54, 1.807) is 14.0 Å². The number of aromatic nitrogens is 1. The molecular weight excluding hydrogens is 406 g/mol. The number of methoxy groups -OCH3 is 1. The minimum atomic E-state index is -0.419. The van der Waals surface area contributed by atoms with Gasteiger partial charge in [-0.15, -0.1) is 0 Å². The lowest BCUT2D eigenvalue weighted by molar-refractivity contribution is -0.122. The largest absolute Gasteiger partial charge is 0.462 e. The summed E-state index contributed by atoms with van der Waals surface area (Å²) in [7, 11) is 3.41. The van der Waals surface area contributed by atoms with Crippen LogP contribution in [0.5, 0.6) is 0 Å². The summed E-state index contributed by atoms with van der Waals surface area (Å²) in [5.74, 6) is -0.538. The standard InChI is InChI=1S/C25H29N3O4/c1-4-32-25(30)24-21(16-28(2)17-22(29)26-14-15-31-3)27-20-13-9-8-12-19(20)23(24)18-10-6-5-7-11-18/h5-13H,4,14-17H2,1-3H3,(H,26,29). The predicted molar refractivity (Wildman–Crippen MR) is 124 cm³/mol. The highest BCUT2D eigenvalue weighted by Crippen LogP contribution is 2.34. The van der Waals surface area contributed by atoms with E-state index in [0.717, 1.165) is 22.0 Å². The molecule has 0 saturated heterocycles. The zero-order valence-electron chi connectivity index (χ0n) is 18.8. The van der Waals surface area contributed by atoms with Crippen molar-refractivity contribution in [1.82, 2.24) is 15.2 Å². The molecule has 0 radical (unpaired) electrons. The number of hydrogen-bond acceptors (Lipinski definition) is 6. The summed E-state index contributed by atoms with van der Waals surface area (Å²) in [6.07, 6.45) is 0. The van der Waals surface area contributed by atoms with Crippen LogP contribution >= 0.6 is 0 Å². The van der Waals surface area contributed by atoms with Crippen molar-refractivity contribution in [1.29, 1.82) is 0 Å². The number of pyridine rings is 1. The molecule has 0 spiro atoms. The minimum absolute atomic E-state index is 0.119. The molecule has 2 aromatic carbocycles. The number of para-hydroxylation sites is 1. The summed E-state index contributed by atoms with van der Waals surface area (Å²) in [4.78, 5) is 32.0. The van der Waals surface area contributed by atoms with Gasteiger partial charge in [-0.2, -0.15) is 0 Å². The van der Waals surface area contributed by atoms with Crippen molar-refractivity contribution in [2.75, 3.05) is 40.5 Å². The van der Waals surface area contributed by atoms with Crippen LogP contribution in [0.25, 0.3) is 22.0 Å². The minimum Gasteiger partial charge on any atom is -0.462 e. The third kappa shape index (κ3) is 5.69. The average molecular weight is 436 g/mol. The number of carbonyl (C=O) groups is 2. The second kappa shape index (κ2) is 11.4. The van der Waals surface area contributed by atoms with Gasteiger partial charge in [0.05, 0.1) is 36.5 Å². The van der Waals surface area contributed by atoms with E-state index in [9.17, 15) is 9.59 Å². The lowest BCUT2D eigenvalue weighted by Crippen LogP contribution is -2.36. The summed E-state index contributed by atoms with van der Waals surface area (Å²) in [6, 6.07) is 17.5. The number of ether oxygens (including phenoxy) is 2. The van der Waals surface area contributed by atoms with Gasteiger partial charge in [-0.1, -0.05) is 48.5 Å². The van der Waals surface area contributed by atoms with E-state index in [1.165, 1.54) is 0 Å². The normalized spacial score (nSPS) is 11.0. The van der Waals surface area contributed by atoms with E-state index in [2.05, 4.69) is 5.32 Å². The maximum Gasteiger partial charge on any atom is 0.340 e. The van der Waals surface area contributed by atoms with Crippen molar-refractivity contribution in [3.63, 3.8) is 0 Å². The first kappa shape index (κ1) is 23.4. The van der Waals surface area contributed by atoms with E-state index in [0.29, 0.717) is 31.0 Å². The van der Waals surface area contributed by atoms with Gasteiger partial charge in [-0.25, -0.2) is 4.79 Å². The predicted octanol–water partition coefficient (Wildman–Crippen LogP) is 3.27. The Labute approximate surface area is 188 Å². The van der Waals surface area contributed by atoms with Crippen molar-refractivity contribution in [2.24, 2.45) is 0 Å². The molecule has 1 aromatic heterocycles. The van der Waals surface area contributed by atoms with Crippen molar-refractivity contribution in [2.45, 2.75) is 13.5 Å². The van der Waals surface area contributed by atoms with E-state index < -0.39 is 5.97 Å². The Morgan fingerprint density at radius 1 is 1.06 bits per heavy atom. The third-order valence-electron chi connectivity index (χ3n) is 4.97. The van der Waals surface area contributed by atoms with Gasteiger partial charge in [0, 0.05) is 31.1 Å². The van der Waals surface area contributed by atoms with Gasteiger partial charge in [0.15, 0.2) is 0 Å². The number of amides is 1. The maximum atomic E-state index is 13.1. The van der Waals surface area contributed by atoms with Crippen LogP contribution in [-0.4, -0.2) is 62.2 Å². The van der Waals surface area contributed by atoms with E-state index in [-0.39, 0.29) is 19.1 Å². The molecule has 3 aromatic rings. The number of esters is 1. The molecule has 1 amide bonds. The van der Waals surface area contributed by atoms with Gasteiger partial charge in [-0.3, -0.25) is 14.7 Å². The van der Waals surface area contributed by atoms with Crippen LogP contribution < -0.4 is 5.32 Å². The quantitative estimate of drug-likeness (QED) is 0.389. The van der Waals surface area contributed by atoms with Crippen LogP contribution in [-0.2, 0) is 20.8 Å². The molecule has 3 rings (SSSR count). The molecule has 0 unspecified atom stereocenters. The number of rotatable bonds is 10. The molecule has 0 aliphatic carbocycles. The summed E-state index contributed by atoms with van der Waals surface area (Å²) >= 11 is 0. The highest BCUT2D eigenvalue weighted by atomic mass is 16.5. The van der Waals surface area contributed by atoms with Gasteiger partial charge in [0.1, 0.15) is 0 Å². The zero-order valence-corrected chi connectivity index (χ0v) is 18.8. The molecule has 0 aliphatic rings. The van der Waals surface area contributed by atoms with Crippen LogP contribution in [0.3, 0.4) is 0 Å². The lowest BCUT2D eigenvalue weighted by atomic mass is 9.94. The second-order valence-electron chi connectivity index (χ2n) is 7.43. The highest BCUT2D eigenvalue weighted by molar-refractivity contribution is 6.07. The Hall–Kier alpha value is -3.29. The SMILES string of the molecule is CCOC(=O)c1c(CN(C)CC(=O)NCCOC)nc2ccccc2c1-c1ccccc1. The number of nitrogens with zero attached hydrogens (tertiary/aromatic N) is 2. The number of nitrogens with one attached hydrogen (secondary N) is 1. The lowest BCUT2D eigenvalue weighted by Gasteiger charge is -2.21. The Bertz CT molecular complexity index is 1070. The molecule has 168 valence electrons. The number of hydrogen-bond donors (Lipinski definition) is 1. The number of fused-ring (bicyclic) bond motifs is 1. The summed E-state index contributed by atoms with van der Waals surface area (Å²) in [5.41, 5.74) is 3.50. The first-order chi connectivity index (χ1) is 15.5. The fraction of sp³-hybridized carbons (Fsp3) is 0.320. The van der Waals surface area contributed by atoms with Crippen molar-refractivity contribution >= 4 is 22.8 Å². The monoisotopic (exact) mass is 435 g/mol. The van der Waals surface area contributed by atoms with Gasteiger partial charge in [-0.05, 0) is 25.6 Å². The fourth-order valence-corrected chi connectivity index (χ4v) is 3.61. The maximum absolute atomic E-state index is 13.1. The molecule has 7 nitrogen and oxygen atoms in total. The summed E-state index contributed by atoms with van der Waals surface area (Å²) in [5, 5.41) is 3.69. The first-order valence-corrected chi connectivity index (χ1v) is 10.6. The molecule has 0 saturated carbocycles. The van der Waals surface area contributed by atoms with Gasteiger partial charge in [0.2, 0.25) is 5.91 Å². The van der Waals surface area contributed by atoms with Crippen LogP contribution in [0, 0.1) is 0 Å². The molecular formula is C25H29N3O4. The molecule has 0 atom stereocenters. The third-order valence-corrected chi connectivity index (χ3v) is 4.97. The van der Waals surface area contributed by atoms with Gasteiger partial charge >= 0.3 is 5.97 Å². The highest BCUT2D eigenvalue weighted by Gasteiger charge is 2.24. The van der Waals surface area contributed by atoms with Crippen molar-refractivity contribution in [3.8, 4) is 11.1 Å². The molecule has 7 heteroatoms. The number of carbonyl (C=O) groups excluding carboxylic acids is 2. The van der Waals surface area contributed by atoms with Crippen molar-refractivity contribution < 1.29 is 19.1 Å². The fourth-order valence-electron chi connectivity index (χ4n) is 3.61. The Morgan fingerprint density at radius 2 is 1.78 bits per heavy atom. The van der Waals surface area contributed by atoms with Gasteiger partial charge in [0.25, 0.3) is 0 Å². The average Bonchev–Trinajstić information content (AvgIpc) is 2.79. The van der Waals surface area contributed by atoms with Crippen LogP contribution in [0.15, 0.2) is 54.6 Å². The molecule has 32 heavy (non-hydrogen) atoms. The Kier molecular flexibility index (Phi) is 8.30. The van der Waals surface area contributed by atoms with E-state index in [1.807, 2.05) is 66.5 Å². The summed E-state index contributed by atoms with van der Waals surface area (Å²) in [6.45, 7) is 3.43. The van der Waals surface area contributed by atoms with Crippen molar-refractivity contribution in [3.05, 3.63) is 65.9 Å². The van der Waals surface area contributed by atoms with Crippen LogP contribution in [0.1, 0.15) is 23.0 Å². The van der Waals surface area contributed by atoms with Gasteiger partial charge < -0.3 is 14.8 Å². The Morgan fingerprint density at radius 3 is 2.50 bits per heavy atom. The first-order valence-electron chi connectivity index (χ1n) is 10.6. The topological polar surface area (TPSA) is 80.8 Å². The van der Waals surface area contributed by atoms with E-state index >= 15 is 0 Å². The Balaban J connectivity index is 2.04. The second-order valence-corrected chi connectivity index (χ2v) is 7.43.